The molecule has 0 aliphatic carbocycles. The van der Waals surface area contributed by atoms with Crippen LogP contribution in [0.15, 0.2) is 19.0 Å². The molecule has 2 aromatic rings. The summed E-state index contributed by atoms with van der Waals surface area (Å²) >= 11 is 0. The third-order valence-electron chi connectivity index (χ3n) is 4.59. The van der Waals surface area contributed by atoms with Gasteiger partial charge >= 0.3 is 0 Å². The van der Waals surface area contributed by atoms with E-state index in [1.54, 1.807) is 7.05 Å². The average molecular weight is 362 g/mol. The van der Waals surface area contributed by atoms with E-state index in [-0.39, 0.29) is 24.1 Å². The molecule has 1 saturated heterocycles. The number of fused-ring (bicyclic) bond motifs is 1. The van der Waals surface area contributed by atoms with Gasteiger partial charge < -0.3 is 31.4 Å². The molecule has 4 atom stereocenters. The van der Waals surface area contributed by atoms with Gasteiger partial charge in [-0.1, -0.05) is 6.08 Å². The molecule has 1 fully saturated rings. The number of ether oxygens (including phenoxy) is 1. The first-order valence-corrected chi connectivity index (χ1v) is 7.94. The summed E-state index contributed by atoms with van der Waals surface area (Å²) < 4.78 is 7.35. The van der Waals surface area contributed by atoms with Crippen molar-refractivity contribution < 1.29 is 14.9 Å². The molecule has 1 aliphatic heterocycles. The zero-order valence-corrected chi connectivity index (χ0v) is 14.2. The lowest BCUT2D eigenvalue weighted by Gasteiger charge is -2.21. The number of rotatable bonds is 5. The number of hydrogen-bond donors (Lipinski definition) is 7. The number of aromatic nitrogens is 3. The summed E-state index contributed by atoms with van der Waals surface area (Å²) in [6.45, 7) is 3.41. The molecule has 0 amide bonds. The largest absolute Gasteiger partial charge is 0.394 e. The van der Waals surface area contributed by atoms with Crippen molar-refractivity contribution in [1.29, 1.82) is 5.41 Å². The van der Waals surface area contributed by atoms with E-state index in [1.165, 1.54) is 17.0 Å². The van der Waals surface area contributed by atoms with Crippen LogP contribution >= 0.6 is 0 Å². The first kappa shape index (κ1) is 18.1. The Labute approximate surface area is 149 Å². The van der Waals surface area contributed by atoms with E-state index in [0.717, 1.165) is 0 Å². The Kier molecular flexibility index (Phi) is 4.78. The number of hydrazine groups is 1. The number of nitrogen functional groups attached to an aromatic ring is 2. The molecule has 0 saturated carbocycles. The van der Waals surface area contributed by atoms with E-state index >= 15 is 0 Å². The maximum atomic E-state index is 10.7. The molecular formula is C15H22N8O3. The fourth-order valence-electron chi connectivity index (χ4n) is 3.34. The van der Waals surface area contributed by atoms with Gasteiger partial charge in [-0.05, 0) is 0 Å². The van der Waals surface area contributed by atoms with Crippen LogP contribution in [0.5, 0.6) is 0 Å². The van der Waals surface area contributed by atoms with Gasteiger partial charge in [0.2, 0.25) is 0 Å². The summed E-state index contributed by atoms with van der Waals surface area (Å²) in [5.41, 5.74) is 9.24. The molecule has 140 valence electrons. The number of anilines is 2. The van der Waals surface area contributed by atoms with Crippen molar-refractivity contribution in [2.75, 3.05) is 24.8 Å². The van der Waals surface area contributed by atoms with E-state index < -0.39 is 24.4 Å². The summed E-state index contributed by atoms with van der Waals surface area (Å²) in [5.74, 6) is 5.70. The molecule has 0 aromatic carbocycles. The Morgan fingerprint density at radius 3 is 2.81 bits per heavy atom. The van der Waals surface area contributed by atoms with Crippen LogP contribution in [0.2, 0.25) is 0 Å². The van der Waals surface area contributed by atoms with Gasteiger partial charge in [-0.2, -0.15) is 0 Å². The minimum atomic E-state index is -1.01. The number of aliphatic hydroxyl groups is 2. The minimum absolute atomic E-state index is 0.0367. The molecule has 9 N–H and O–H groups in total. The predicted octanol–water partition coefficient (Wildman–Crippen LogP) is -1.10. The number of nitrogens with one attached hydrogen (secondary N) is 3. The van der Waals surface area contributed by atoms with Gasteiger partial charge in [0.25, 0.3) is 0 Å². The van der Waals surface area contributed by atoms with Crippen molar-refractivity contribution >= 4 is 28.5 Å². The first-order chi connectivity index (χ1) is 12.5. The number of hydrogen-bond acceptors (Lipinski definition) is 9. The lowest BCUT2D eigenvalue weighted by molar-refractivity contribution is -0.0477. The molecule has 1 unspecified atom stereocenters. The monoisotopic (exact) mass is 362 g/mol. The van der Waals surface area contributed by atoms with E-state index in [2.05, 4.69) is 27.3 Å². The van der Waals surface area contributed by atoms with E-state index in [0.29, 0.717) is 16.6 Å². The molecule has 0 radical (unpaired) electrons. The molecule has 26 heavy (non-hydrogen) atoms. The average Bonchev–Trinajstić information content (AvgIpc) is 3.15. The third kappa shape index (κ3) is 2.49. The van der Waals surface area contributed by atoms with E-state index in [9.17, 15) is 10.2 Å². The van der Waals surface area contributed by atoms with Crippen LogP contribution in [-0.4, -0.2) is 56.4 Å². The van der Waals surface area contributed by atoms with Gasteiger partial charge in [-0.25, -0.2) is 15.8 Å². The SMILES string of the molecule is C=C[C@@H]1C(CO)O[C@@H](n2c(NN)c(C(=N)NC)c3c(N)ncnc32)[C@@H]1O. The van der Waals surface area contributed by atoms with Crippen molar-refractivity contribution in [3.63, 3.8) is 0 Å². The highest BCUT2D eigenvalue weighted by Gasteiger charge is 2.44. The molecule has 0 spiro atoms. The number of amidine groups is 1. The van der Waals surface area contributed by atoms with Crippen LogP contribution in [0.3, 0.4) is 0 Å². The first-order valence-electron chi connectivity index (χ1n) is 7.94. The fraction of sp³-hybridized carbons (Fsp3) is 0.400. The number of aliphatic hydroxyl groups excluding tert-OH is 2. The number of nitrogens with two attached hydrogens (primary N) is 2. The summed E-state index contributed by atoms with van der Waals surface area (Å²) in [6, 6.07) is 0. The Balaban J connectivity index is 2.28. The Bertz CT molecular complexity index is 851. The molecule has 2 aromatic heterocycles. The lowest BCUT2D eigenvalue weighted by atomic mass is 9.99. The zero-order valence-electron chi connectivity index (χ0n) is 14.2. The topological polar surface area (TPSA) is 180 Å². The Hall–Kier alpha value is -2.73. The van der Waals surface area contributed by atoms with Crippen LogP contribution in [0.25, 0.3) is 11.0 Å². The lowest BCUT2D eigenvalue weighted by Crippen LogP contribution is -2.28. The van der Waals surface area contributed by atoms with Crippen molar-refractivity contribution in [3.05, 3.63) is 24.5 Å². The Morgan fingerprint density at radius 1 is 1.54 bits per heavy atom. The van der Waals surface area contributed by atoms with E-state index in [1.807, 2.05) is 0 Å². The summed E-state index contributed by atoms with van der Waals surface area (Å²) in [4.78, 5) is 8.22. The molecule has 0 bridgehead atoms. The predicted molar refractivity (Wildman–Crippen MR) is 96.3 cm³/mol. The highest BCUT2D eigenvalue weighted by molar-refractivity contribution is 6.15. The van der Waals surface area contributed by atoms with Crippen LogP contribution in [-0.2, 0) is 4.74 Å². The second-order valence-electron chi connectivity index (χ2n) is 5.87. The zero-order chi connectivity index (χ0) is 19.0. The van der Waals surface area contributed by atoms with Gasteiger partial charge in [-0.3, -0.25) is 9.98 Å². The van der Waals surface area contributed by atoms with E-state index in [4.69, 9.17) is 21.7 Å². The molecule has 3 heterocycles. The molecule has 3 rings (SSSR count). The van der Waals surface area contributed by atoms with Gasteiger partial charge in [-0.15, -0.1) is 6.58 Å². The van der Waals surface area contributed by atoms with Crippen molar-refractivity contribution in [3.8, 4) is 0 Å². The Morgan fingerprint density at radius 2 is 2.27 bits per heavy atom. The fourth-order valence-corrected chi connectivity index (χ4v) is 3.34. The van der Waals surface area contributed by atoms with Crippen molar-refractivity contribution in [1.82, 2.24) is 19.9 Å². The second kappa shape index (κ2) is 6.88. The van der Waals surface area contributed by atoms with Gasteiger partial charge in [0, 0.05) is 13.0 Å². The van der Waals surface area contributed by atoms with Crippen LogP contribution < -0.4 is 22.3 Å². The second-order valence-corrected chi connectivity index (χ2v) is 5.87. The highest BCUT2D eigenvalue weighted by Crippen LogP contribution is 2.41. The van der Waals surface area contributed by atoms with Gasteiger partial charge in [0.1, 0.15) is 35.5 Å². The summed E-state index contributed by atoms with van der Waals surface area (Å²) in [5, 5.41) is 31.6. The molecule has 11 nitrogen and oxygen atoms in total. The van der Waals surface area contributed by atoms with Crippen LogP contribution in [0.4, 0.5) is 11.6 Å². The molecular weight excluding hydrogens is 340 g/mol. The smallest absolute Gasteiger partial charge is 0.164 e. The number of nitrogens with zero attached hydrogens (tertiary/aromatic N) is 3. The molecule has 11 heteroatoms. The standard InChI is InChI=1S/C15H22N8O3/c1-3-6-7(4-24)26-15(10(6)25)23-13-9(12(17)20-5-21-13)8(11(16)19-2)14(23)22-18/h3,5-7,10,15,22,24-25H,1,4,18H2,2H3,(H2,16,19)(H2,17,20,21)/t6-,7?,10-,15-/m1/s1. The highest BCUT2D eigenvalue weighted by atomic mass is 16.5. The maximum absolute atomic E-state index is 10.7. The van der Waals surface area contributed by atoms with Crippen LogP contribution in [0.1, 0.15) is 11.8 Å². The van der Waals surface area contributed by atoms with Gasteiger partial charge in [0.15, 0.2) is 6.23 Å². The summed E-state index contributed by atoms with van der Waals surface area (Å²) in [7, 11) is 1.59. The maximum Gasteiger partial charge on any atom is 0.164 e. The van der Waals surface area contributed by atoms with Crippen LogP contribution in [0, 0.1) is 11.3 Å². The minimum Gasteiger partial charge on any atom is -0.394 e. The quantitative estimate of drug-likeness (QED) is 0.114. The van der Waals surface area contributed by atoms with Gasteiger partial charge in [0.05, 0.1) is 23.7 Å². The third-order valence-corrected chi connectivity index (χ3v) is 4.59. The summed E-state index contributed by atoms with van der Waals surface area (Å²) in [6.07, 6.45) is 0.238. The normalized spacial score (nSPS) is 25.4. The van der Waals surface area contributed by atoms with Crippen molar-refractivity contribution in [2.45, 2.75) is 18.4 Å². The molecule has 1 aliphatic rings. The van der Waals surface area contributed by atoms with Crippen molar-refractivity contribution in [2.24, 2.45) is 11.8 Å².